The largest absolute Gasteiger partial charge is 0.492 e. The lowest BCUT2D eigenvalue weighted by Gasteiger charge is -2.21. The number of carbonyl (C=O) groups is 1. The molecule has 1 saturated carbocycles. The summed E-state index contributed by atoms with van der Waals surface area (Å²) in [6.07, 6.45) is 2.96. The maximum atomic E-state index is 12.1. The maximum absolute atomic E-state index is 12.1. The summed E-state index contributed by atoms with van der Waals surface area (Å²) in [5, 5.41) is 13.0. The Balaban J connectivity index is 1.83. The molecule has 0 bridgehead atoms. The van der Waals surface area contributed by atoms with E-state index < -0.39 is 5.60 Å². The zero-order chi connectivity index (χ0) is 16.0. The van der Waals surface area contributed by atoms with E-state index >= 15 is 0 Å². The second-order valence-corrected chi connectivity index (χ2v) is 6.22. The fourth-order valence-electron chi connectivity index (χ4n) is 2.63. The monoisotopic (exact) mass is 306 g/mol. The molecular formula is C17H26N2O3. The van der Waals surface area contributed by atoms with E-state index in [-0.39, 0.29) is 5.91 Å². The molecule has 2 N–H and O–H groups in total. The topological polar surface area (TPSA) is 61.8 Å². The van der Waals surface area contributed by atoms with Crippen molar-refractivity contribution in [3.63, 3.8) is 0 Å². The number of nitrogens with one attached hydrogen (secondary N) is 1. The molecule has 0 spiro atoms. The molecule has 1 amide bonds. The number of likely N-dealkylation sites (N-methyl/N-ethyl adjacent to an activating group) is 1. The lowest BCUT2D eigenvalue weighted by molar-refractivity contribution is -0.139. The summed E-state index contributed by atoms with van der Waals surface area (Å²) in [6, 6.07) is 7.69. The normalized spacial score (nSPS) is 16.7. The van der Waals surface area contributed by atoms with E-state index in [0.29, 0.717) is 26.0 Å². The maximum Gasteiger partial charge on any atom is 0.252 e. The van der Waals surface area contributed by atoms with E-state index in [4.69, 9.17) is 4.74 Å². The smallest absolute Gasteiger partial charge is 0.252 e. The van der Waals surface area contributed by atoms with E-state index in [0.717, 1.165) is 30.7 Å². The van der Waals surface area contributed by atoms with Crippen molar-refractivity contribution in [1.82, 2.24) is 10.2 Å². The average Bonchev–Trinajstić information content (AvgIpc) is 2.93. The molecule has 2 rings (SSSR count). The zero-order valence-electron chi connectivity index (χ0n) is 13.5. The van der Waals surface area contributed by atoms with Crippen LogP contribution in [0.4, 0.5) is 0 Å². The van der Waals surface area contributed by atoms with Gasteiger partial charge in [-0.1, -0.05) is 12.1 Å². The summed E-state index contributed by atoms with van der Waals surface area (Å²) in [6.45, 7) is 1.89. The summed E-state index contributed by atoms with van der Waals surface area (Å²) in [4.78, 5) is 14.1. The molecule has 0 heterocycles. The minimum Gasteiger partial charge on any atom is -0.492 e. The van der Waals surface area contributed by atoms with E-state index in [2.05, 4.69) is 10.2 Å². The van der Waals surface area contributed by atoms with Gasteiger partial charge in [0.2, 0.25) is 0 Å². The van der Waals surface area contributed by atoms with Crippen molar-refractivity contribution in [2.24, 2.45) is 0 Å². The van der Waals surface area contributed by atoms with Crippen LogP contribution >= 0.6 is 0 Å². The van der Waals surface area contributed by atoms with Crippen LogP contribution in [0, 0.1) is 0 Å². The highest BCUT2D eigenvalue weighted by Crippen LogP contribution is 2.29. The first-order valence-corrected chi connectivity index (χ1v) is 7.87. The van der Waals surface area contributed by atoms with Crippen molar-refractivity contribution in [2.45, 2.75) is 37.8 Å². The zero-order valence-corrected chi connectivity index (χ0v) is 13.5. The van der Waals surface area contributed by atoms with E-state index in [1.807, 2.05) is 38.4 Å². The van der Waals surface area contributed by atoms with Gasteiger partial charge in [-0.25, -0.2) is 0 Å². The van der Waals surface area contributed by atoms with E-state index in [1.165, 1.54) is 0 Å². The SMILES string of the molecule is CN(C)CCOc1cccc(CNC(=O)C2(O)CCCC2)c1. The van der Waals surface area contributed by atoms with Gasteiger partial charge in [-0.15, -0.1) is 0 Å². The number of ether oxygens (including phenoxy) is 1. The second kappa shape index (κ2) is 7.61. The van der Waals surface area contributed by atoms with Crippen molar-refractivity contribution < 1.29 is 14.6 Å². The van der Waals surface area contributed by atoms with Crippen LogP contribution < -0.4 is 10.1 Å². The van der Waals surface area contributed by atoms with Gasteiger partial charge in [-0.05, 0) is 57.5 Å². The molecule has 0 unspecified atom stereocenters. The Hall–Kier alpha value is -1.59. The Kier molecular flexibility index (Phi) is 5.80. The molecule has 1 aromatic carbocycles. The van der Waals surface area contributed by atoms with Crippen LogP contribution in [-0.2, 0) is 11.3 Å². The summed E-state index contributed by atoms with van der Waals surface area (Å²) in [5.74, 6) is 0.539. The number of rotatable bonds is 7. The molecule has 0 aliphatic heterocycles. The molecule has 5 heteroatoms. The molecule has 5 nitrogen and oxygen atoms in total. The van der Waals surface area contributed by atoms with Gasteiger partial charge in [-0.2, -0.15) is 0 Å². The van der Waals surface area contributed by atoms with Crippen LogP contribution in [0.1, 0.15) is 31.2 Å². The second-order valence-electron chi connectivity index (χ2n) is 6.22. The van der Waals surface area contributed by atoms with Gasteiger partial charge >= 0.3 is 0 Å². The highest BCUT2D eigenvalue weighted by molar-refractivity contribution is 5.85. The van der Waals surface area contributed by atoms with E-state index in [1.54, 1.807) is 0 Å². The molecule has 122 valence electrons. The van der Waals surface area contributed by atoms with Crippen LogP contribution in [-0.4, -0.2) is 48.8 Å². The predicted molar refractivity (Wildman–Crippen MR) is 85.8 cm³/mol. The van der Waals surface area contributed by atoms with E-state index in [9.17, 15) is 9.90 Å². The van der Waals surface area contributed by atoms with Gasteiger partial charge in [0.05, 0.1) is 0 Å². The number of carbonyl (C=O) groups excluding carboxylic acids is 1. The van der Waals surface area contributed by atoms with Gasteiger partial charge in [0.25, 0.3) is 5.91 Å². The lowest BCUT2D eigenvalue weighted by Crippen LogP contribution is -2.44. The molecule has 1 aliphatic carbocycles. The number of hydrogen-bond acceptors (Lipinski definition) is 4. The Labute approximate surface area is 132 Å². The molecule has 1 aromatic rings. The summed E-state index contributed by atoms with van der Waals surface area (Å²) < 4.78 is 5.68. The third kappa shape index (κ3) is 4.71. The highest BCUT2D eigenvalue weighted by Gasteiger charge is 2.38. The summed E-state index contributed by atoms with van der Waals surface area (Å²) in [7, 11) is 4.01. The summed E-state index contributed by atoms with van der Waals surface area (Å²) >= 11 is 0. The number of nitrogens with zero attached hydrogens (tertiary/aromatic N) is 1. The molecule has 0 radical (unpaired) electrons. The minimum absolute atomic E-state index is 0.260. The van der Waals surface area contributed by atoms with Gasteiger partial charge in [0.15, 0.2) is 0 Å². The van der Waals surface area contributed by atoms with Gasteiger partial charge in [0, 0.05) is 13.1 Å². The average molecular weight is 306 g/mol. The minimum atomic E-state index is -1.17. The standard InChI is InChI=1S/C17H26N2O3/c1-19(2)10-11-22-15-7-5-6-14(12-15)13-18-16(20)17(21)8-3-4-9-17/h5-7,12,21H,3-4,8-11,13H2,1-2H3,(H,18,20). The Morgan fingerprint density at radius 3 is 2.77 bits per heavy atom. The van der Waals surface area contributed by atoms with Crippen molar-refractivity contribution in [3.05, 3.63) is 29.8 Å². The number of aliphatic hydroxyl groups is 1. The quantitative estimate of drug-likeness (QED) is 0.802. The van der Waals surface area contributed by atoms with Crippen LogP contribution in [0.15, 0.2) is 24.3 Å². The number of amides is 1. The van der Waals surface area contributed by atoms with Gasteiger partial charge in [-0.3, -0.25) is 4.79 Å². The molecule has 0 aromatic heterocycles. The number of hydrogen-bond donors (Lipinski definition) is 2. The first-order valence-electron chi connectivity index (χ1n) is 7.87. The first kappa shape index (κ1) is 16.8. The van der Waals surface area contributed by atoms with Crippen LogP contribution in [0.25, 0.3) is 0 Å². The third-order valence-corrected chi connectivity index (χ3v) is 4.01. The summed E-state index contributed by atoms with van der Waals surface area (Å²) in [5.41, 5.74) is -0.197. The van der Waals surface area contributed by atoms with Crippen molar-refractivity contribution >= 4 is 5.91 Å². The molecule has 0 atom stereocenters. The first-order chi connectivity index (χ1) is 10.5. The predicted octanol–water partition coefficient (Wildman–Crippen LogP) is 1.55. The Morgan fingerprint density at radius 2 is 2.09 bits per heavy atom. The molecule has 0 saturated heterocycles. The Bertz CT molecular complexity index is 496. The van der Waals surface area contributed by atoms with Crippen LogP contribution in [0.3, 0.4) is 0 Å². The van der Waals surface area contributed by atoms with Crippen LogP contribution in [0.2, 0.25) is 0 Å². The lowest BCUT2D eigenvalue weighted by atomic mass is 10.0. The molecule has 22 heavy (non-hydrogen) atoms. The number of benzene rings is 1. The van der Waals surface area contributed by atoms with Crippen LogP contribution in [0.5, 0.6) is 5.75 Å². The van der Waals surface area contributed by atoms with Crippen molar-refractivity contribution in [1.29, 1.82) is 0 Å². The third-order valence-electron chi connectivity index (χ3n) is 4.01. The molecule has 1 fully saturated rings. The fourth-order valence-corrected chi connectivity index (χ4v) is 2.63. The van der Waals surface area contributed by atoms with Gasteiger partial charge < -0.3 is 20.1 Å². The van der Waals surface area contributed by atoms with Crippen molar-refractivity contribution in [2.75, 3.05) is 27.2 Å². The van der Waals surface area contributed by atoms with Gasteiger partial charge in [0.1, 0.15) is 18.0 Å². The highest BCUT2D eigenvalue weighted by atomic mass is 16.5. The fraction of sp³-hybridized carbons (Fsp3) is 0.588. The molecule has 1 aliphatic rings. The molecular weight excluding hydrogens is 280 g/mol. The van der Waals surface area contributed by atoms with Crippen molar-refractivity contribution in [3.8, 4) is 5.75 Å². The Morgan fingerprint density at radius 1 is 1.36 bits per heavy atom.